The van der Waals surface area contributed by atoms with Crippen molar-refractivity contribution in [2.75, 3.05) is 18.8 Å². The summed E-state index contributed by atoms with van der Waals surface area (Å²) in [7, 11) is -3.55. The molecule has 1 heterocycles. The lowest BCUT2D eigenvalue weighted by molar-refractivity contribution is -0.134. The highest BCUT2D eigenvalue weighted by Gasteiger charge is 2.30. The molecule has 1 aliphatic heterocycles. The molecule has 1 rings (SSSR count). The van der Waals surface area contributed by atoms with Gasteiger partial charge in [0.25, 0.3) is 0 Å². The van der Waals surface area contributed by atoms with E-state index >= 15 is 0 Å². The van der Waals surface area contributed by atoms with Crippen LogP contribution in [0.2, 0.25) is 0 Å². The molecule has 102 valence electrons. The highest BCUT2D eigenvalue weighted by molar-refractivity contribution is 7.89. The van der Waals surface area contributed by atoms with Gasteiger partial charge in [-0.2, -0.15) is 13.2 Å². The molecule has 17 heavy (non-hydrogen) atoms. The predicted octanol–water partition coefficient (Wildman–Crippen LogP) is 1.08. The molecule has 0 unspecified atom stereocenters. The van der Waals surface area contributed by atoms with Crippen LogP contribution < -0.4 is 5.73 Å². The lowest BCUT2D eigenvalue weighted by Crippen LogP contribution is -2.43. The minimum atomic E-state index is -4.29. The second-order valence-electron chi connectivity index (χ2n) is 4.27. The first kappa shape index (κ1) is 14.7. The molecule has 2 N–H and O–H groups in total. The zero-order valence-electron chi connectivity index (χ0n) is 9.41. The van der Waals surface area contributed by atoms with Crippen LogP contribution in [-0.2, 0) is 10.0 Å². The molecule has 4 nitrogen and oxygen atoms in total. The third-order valence-corrected chi connectivity index (χ3v) is 4.71. The second kappa shape index (κ2) is 5.53. The SMILES string of the molecule is NC1CCN(S(=O)(=O)CCCC(F)(F)F)CC1. The summed E-state index contributed by atoms with van der Waals surface area (Å²) in [6, 6.07) is -0.00312. The summed E-state index contributed by atoms with van der Waals surface area (Å²) in [4.78, 5) is 0. The van der Waals surface area contributed by atoms with Gasteiger partial charge in [-0.15, -0.1) is 0 Å². The molecule has 0 aliphatic carbocycles. The maximum absolute atomic E-state index is 11.9. The van der Waals surface area contributed by atoms with Crippen LogP contribution in [0.5, 0.6) is 0 Å². The van der Waals surface area contributed by atoms with Gasteiger partial charge in [-0.05, 0) is 19.3 Å². The summed E-state index contributed by atoms with van der Waals surface area (Å²) in [6.45, 7) is 0.630. The molecule has 1 saturated heterocycles. The van der Waals surface area contributed by atoms with Gasteiger partial charge in [0.05, 0.1) is 5.75 Å². The third-order valence-electron chi connectivity index (χ3n) is 2.75. The molecule has 8 heteroatoms. The van der Waals surface area contributed by atoms with E-state index in [4.69, 9.17) is 5.73 Å². The molecule has 0 atom stereocenters. The minimum absolute atomic E-state index is 0.00312. The quantitative estimate of drug-likeness (QED) is 0.834. The number of nitrogens with two attached hydrogens (primary N) is 1. The number of hydrogen-bond acceptors (Lipinski definition) is 3. The van der Waals surface area contributed by atoms with E-state index in [1.807, 2.05) is 0 Å². The molecule has 0 spiro atoms. The van der Waals surface area contributed by atoms with Gasteiger partial charge in [0.15, 0.2) is 0 Å². The van der Waals surface area contributed by atoms with Gasteiger partial charge in [-0.3, -0.25) is 0 Å². The van der Waals surface area contributed by atoms with Crippen molar-refractivity contribution in [3.05, 3.63) is 0 Å². The fourth-order valence-corrected chi connectivity index (χ4v) is 3.27. The lowest BCUT2D eigenvalue weighted by Gasteiger charge is -2.29. The molecular weight excluding hydrogens is 257 g/mol. The van der Waals surface area contributed by atoms with Crippen LogP contribution >= 0.6 is 0 Å². The Kier molecular flexibility index (Phi) is 4.79. The molecule has 0 amide bonds. The first-order valence-corrected chi connectivity index (χ1v) is 7.12. The number of halogens is 3. The number of sulfonamides is 1. The van der Waals surface area contributed by atoms with E-state index in [0.29, 0.717) is 25.9 Å². The Balaban J connectivity index is 2.41. The van der Waals surface area contributed by atoms with Crippen LogP contribution in [0.3, 0.4) is 0 Å². The summed E-state index contributed by atoms with van der Waals surface area (Å²) < 4.78 is 60.3. The van der Waals surface area contributed by atoms with E-state index in [9.17, 15) is 21.6 Å². The van der Waals surface area contributed by atoms with Crippen molar-refractivity contribution in [3.8, 4) is 0 Å². The van der Waals surface area contributed by atoms with E-state index in [2.05, 4.69) is 0 Å². The molecular formula is C9H17F3N2O2S. The average molecular weight is 274 g/mol. The highest BCUT2D eigenvalue weighted by Crippen LogP contribution is 2.22. The maximum Gasteiger partial charge on any atom is 0.389 e. The fraction of sp³-hybridized carbons (Fsp3) is 1.00. The van der Waals surface area contributed by atoms with Crippen LogP contribution in [-0.4, -0.2) is 43.8 Å². The summed E-state index contributed by atoms with van der Waals surface area (Å²) in [5, 5.41) is 0. The predicted molar refractivity (Wildman–Crippen MR) is 57.9 cm³/mol. The van der Waals surface area contributed by atoms with Gasteiger partial charge in [-0.25, -0.2) is 12.7 Å². The van der Waals surface area contributed by atoms with E-state index in [1.54, 1.807) is 0 Å². The standard InChI is InChI=1S/C9H17F3N2O2S/c10-9(11,12)4-1-7-17(15,16)14-5-2-8(13)3-6-14/h8H,1-7,13H2. The molecule has 0 aromatic rings. The molecule has 0 aromatic carbocycles. The third kappa shape index (κ3) is 5.22. The van der Waals surface area contributed by atoms with E-state index in [1.165, 1.54) is 4.31 Å². The Morgan fingerprint density at radius 2 is 1.76 bits per heavy atom. The first-order chi connectivity index (χ1) is 7.71. The first-order valence-electron chi connectivity index (χ1n) is 5.51. The van der Waals surface area contributed by atoms with Crippen molar-refractivity contribution >= 4 is 10.0 Å². The van der Waals surface area contributed by atoms with E-state index in [0.717, 1.165) is 0 Å². The Morgan fingerprint density at radius 1 is 1.24 bits per heavy atom. The van der Waals surface area contributed by atoms with Gasteiger partial charge in [0.1, 0.15) is 0 Å². The second-order valence-corrected chi connectivity index (χ2v) is 6.36. The number of alkyl halides is 3. The summed E-state index contributed by atoms with van der Waals surface area (Å²) >= 11 is 0. The highest BCUT2D eigenvalue weighted by atomic mass is 32.2. The van der Waals surface area contributed by atoms with Crippen LogP contribution in [0.1, 0.15) is 25.7 Å². The summed E-state index contributed by atoms with van der Waals surface area (Å²) in [6.07, 6.45) is -4.59. The topological polar surface area (TPSA) is 63.4 Å². The molecule has 0 saturated carbocycles. The fourth-order valence-electron chi connectivity index (χ4n) is 1.74. The number of nitrogens with zero attached hydrogens (tertiary/aromatic N) is 1. The molecule has 1 aliphatic rings. The normalized spacial score (nSPS) is 20.7. The Labute approximate surface area is 99.0 Å². The van der Waals surface area contributed by atoms with Gasteiger partial charge in [0, 0.05) is 25.6 Å². The Bertz CT molecular complexity index is 335. The van der Waals surface area contributed by atoms with E-state index < -0.39 is 28.4 Å². The van der Waals surface area contributed by atoms with Crippen molar-refractivity contribution in [2.24, 2.45) is 5.73 Å². The number of hydrogen-bond donors (Lipinski definition) is 1. The number of piperidine rings is 1. The van der Waals surface area contributed by atoms with E-state index in [-0.39, 0.29) is 12.5 Å². The van der Waals surface area contributed by atoms with Crippen LogP contribution in [0.4, 0.5) is 13.2 Å². The Morgan fingerprint density at radius 3 is 2.24 bits per heavy atom. The van der Waals surface area contributed by atoms with Crippen molar-refractivity contribution in [2.45, 2.75) is 37.9 Å². The monoisotopic (exact) mass is 274 g/mol. The van der Waals surface area contributed by atoms with Crippen LogP contribution in [0, 0.1) is 0 Å². The summed E-state index contributed by atoms with van der Waals surface area (Å²) in [5.41, 5.74) is 5.63. The average Bonchev–Trinajstić information content (AvgIpc) is 2.15. The van der Waals surface area contributed by atoms with Crippen LogP contribution in [0.15, 0.2) is 0 Å². The molecule has 0 aromatic heterocycles. The molecule has 0 radical (unpaired) electrons. The lowest BCUT2D eigenvalue weighted by atomic mass is 10.1. The van der Waals surface area contributed by atoms with Crippen molar-refractivity contribution in [3.63, 3.8) is 0 Å². The van der Waals surface area contributed by atoms with Crippen molar-refractivity contribution in [1.82, 2.24) is 4.31 Å². The van der Waals surface area contributed by atoms with Gasteiger partial charge in [0.2, 0.25) is 10.0 Å². The zero-order chi connectivity index (χ0) is 13.1. The van der Waals surface area contributed by atoms with Crippen molar-refractivity contribution in [1.29, 1.82) is 0 Å². The van der Waals surface area contributed by atoms with Gasteiger partial charge >= 0.3 is 6.18 Å². The minimum Gasteiger partial charge on any atom is -0.328 e. The van der Waals surface area contributed by atoms with Crippen molar-refractivity contribution < 1.29 is 21.6 Å². The Hall–Kier alpha value is -0.340. The van der Waals surface area contributed by atoms with Gasteiger partial charge in [-0.1, -0.05) is 0 Å². The largest absolute Gasteiger partial charge is 0.389 e. The molecule has 0 bridgehead atoms. The molecule has 1 fully saturated rings. The zero-order valence-corrected chi connectivity index (χ0v) is 10.2. The van der Waals surface area contributed by atoms with Gasteiger partial charge < -0.3 is 5.73 Å². The number of rotatable bonds is 4. The van der Waals surface area contributed by atoms with Crippen LogP contribution in [0.25, 0.3) is 0 Å². The summed E-state index contributed by atoms with van der Waals surface area (Å²) in [5.74, 6) is -0.443. The smallest absolute Gasteiger partial charge is 0.328 e. The maximum atomic E-state index is 11.9.